The van der Waals surface area contributed by atoms with Crippen LogP contribution in [0.1, 0.15) is 46.0 Å². The summed E-state index contributed by atoms with van der Waals surface area (Å²) in [4.78, 5) is 0. The number of rotatable bonds is 5. The summed E-state index contributed by atoms with van der Waals surface area (Å²) in [7, 11) is -3.15. The fraction of sp³-hybridized carbons (Fsp3) is 1.00. The van der Waals surface area contributed by atoms with Crippen LogP contribution in [-0.4, -0.2) is 37.6 Å². The molecule has 1 fully saturated rings. The van der Waals surface area contributed by atoms with Gasteiger partial charge in [-0.3, -0.25) is 0 Å². The SMILES string of the molecule is CCC(C)C(N)CS(=O)(=O)N1CCCCCC1. The van der Waals surface area contributed by atoms with E-state index in [0.717, 1.165) is 32.1 Å². The molecule has 17 heavy (non-hydrogen) atoms. The van der Waals surface area contributed by atoms with E-state index in [1.807, 2.05) is 13.8 Å². The Morgan fingerprint density at radius 1 is 1.18 bits per heavy atom. The minimum absolute atomic E-state index is 0.0992. The molecule has 0 aromatic rings. The van der Waals surface area contributed by atoms with E-state index in [9.17, 15) is 8.42 Å². The van der Waals surface area contributed by atoms with Crippen LogP contribution >= 0.6 is 0 Å². The van der Waals surface area contributed by atoms with Gasteiger partial charge in [0.2, 0.25) is 10.0 Å². The summed E-state index contributed by atoms with van der Waals surface area (Å²) >= 11 is 0. The van der Waals surface area contributed by atoms with E-state index in [4.69, 9.17) is 5.73 Å². The predicted molar refractivity (Wildman–Crippen MR) is 71.3 cm³/mol. The fourth-order valence-electron chi connectivity index (χ4n) is 2.14. The molecular weight excluding hydrogens is 236 g/mol. The van der Waals surface area contributed by atoms with Gasteiger partial charge in [-0.1, -0.05) is 33.1 Å². The second-order valence-electron chi connectivity index (χ2n) is 5.14. The van der Waals surface area contributed by atoms with Gasteiger partial charge < -0.3 is 5.73 Å². The average Bonchev–Trinajstić information content (AvgIpc) is 2.56. The number of hydrogen-bond donors (Lipinski definition) is 1. The Hall–Kier alpha value is -0.130. The maximum atomic E-state index is 12.2. The Morgan fingerprint density at radius 3 is 2.18 bits per heavy atom. The summed E-state index contributed by atoms with van der Waals surface area (Å²) in [5, 5.41) is 0. The van der Waals surface area contributed by atoms with E-state index in [1.54, 1.807) is 4.31 Å². The minimum Gasteiger partial charge on any atom is -0.326 e. The highest BCUT2D eigenvalue weighted by Crippen LogP contribution is 2.16. The Morgan fingerprint density at radius 2 is 1.71 bits per heavy atom. The molecule has 1 rings (SSSR count). The molecule has 0 aromatic heterocycles. The lowest BCUT2D eigenvalue weighted by Crippen LogP contribution is -2.42. The lowest BCUT2D eigenvalue weighted by atomic mass is 10.0. The van der Waals surface area contributed by atoms with Crippen LogP contribution in [0.15, 0.2) is 0 Å². The van der Waals surface area contributed by atoms with Crippen molar-refractivity contribution in [2.24, 2.45) is 11.7 Å². The van der Waals surface area contributed by atoms with Crippen molar-refractivity contribution in [2.75, 3.05) is 18.8 Å². The van der Waals surface area contributed by atoms with Gasteiger partial charge in [-0.2, -0.15) is 0 Å². The third-order valence-corrected chi connectivity index (χ3v) is 5.69. The van der Waals surface area contributed by atoms with Crippen molar-refractivity contribution < 1.29 is 8.42 Å². The zero-order chi connectivity index (χ0) is 12.9. The topological polar surface area (TPSA) is 63.4 Å². The van der Waals surface area contributed by atoms with Crippen LogP contribution in [0.3, 0.4) is 0 Å². The second kappa shape index (κ2) is 6.71. The molecule has 0 aliphatic carbocycles. The van der Waals surface area contributed by atoms with Crippen LogP contribution in [0.25, 0.3) is 0 Å². The van der Waals surface area contributed by atoms with Crippen molar-refractivity contribution >= 4 is 10.0 Å². The van der Waals surface area contributed by atoms with Gasteiger partial charge in [-0.25, -0.2) is 12.7 Å². The lowest BCUT2D eigenvalue weighted by molar-refractivity contribution is 0.407. The smallest absolute Gasteiger partial charge is 0.215 e. The number of hydrogen-bond acceptors (Lipinski definition) is 3. The van der Waals surface area contributed by atoms with Gasteiger partial charge >= 0.3 is 0 Å². The van der Waals surface area contributed by atoms with Gasteiger partial charge in [0.15, 0.2) is 0 Å². The molecule has 0 spiro atoms. The third kappa shape index (κ3) is 4.56. The van der Waals surface area contributed by atoms with Crippen molar-refractivity contribution in [3.8, 4) is 0 Å². The first-order valence-electron chi connectivity index (χ1n) is 6.70. The summed E-state index contributed by atoms with van der Waals surface area (Å²) in [5.74, 6) is 0.360. The maximum Gasteiger partial charge on any atom is 0.215 e. The molecule has 0 saturated carbocycles. The molecule has 0 radical (unpaired) electrons. The van der Waals surface area contributed by atoms with Gasteiger partial charge in [0.05, 0.1) is 5.75 Å². The van der Waals surface area contributed by atoms with E-state index >= 15 is 0 Å². The molecular formula is C12H26N2O2S. The van der Waals surface area contributed by atoms with E-state index in [2.05, 4.69) is 0 Å². The van der Waals surface area contributed by atoms with Crippen LogP contribution in [0.2, 0.25) is 0 Å². The molecule has 1 aliphatic rings. The molecule has 102 valence electrons. The van der Waals surface area contributed by atoms with Crippen LogP contribution in [0.5, 0.6) is 0 Å². The van der Waals surface area contributed by atoms with Gasteiger partial charge in [0.25, 0.3) is 0 Å². The Labute approximate surface area is 106 Å². The summed E-state index contributed by atoms with van der Waals surface area (Å²) in [6.45, 7) is 5.41. The van der Waals surface area contributed by atoms with Crippen molar-refractivity contribution in [1.82, 2.24) is 4.31 Å². The molecule has 5 heteroatoms. The van der Waals surface area contributed by atoms with Gasteiger partial charge in [0, 0.05) is 19.1 Å². The van der Waals surface area contributed by atoms with E-state index in [-0.39, 0.29) is 17.7 Å². The monoisotopic (exact) mass is 262 g/mol. The van der Waals surface area contributed by atoms with Crippen molar-refractivity contribution in [3.05, 3.63) is 0 Å². The zero-order valence-electron chi connectivity index (χ0n) is 11.1. The van der Waals surface area contributed by atoms with Crippen LogP contribution in [0, 0.1) is 5.92 Å². The molecule has 2 N–H and O–H groups in total. The molecule has 1 saturated heterocycles. The van der Waals surface area contributed by atoms with Gasteiger partial charge in [-0.15, -0.1) is 0 Å². The van der Waals surface area contributed by atoms with E-state index in [0.29, 0.717) is 13.1 Å². The highest BCUT2D eigenvalue weighted by molar-refractivity contribution is 7.89. The summed E-state index contributed by atoms with van der Waals surface area (Å²) in [6, 6.07) is -0.242. The standard InChI is InChI=1S/C12H26N2O2S/c1-3-11(2)12(13)10-17(15,16)14-8-6-4-5-7-9-14/h11-12H,3-10,13H2,1-2H3. The van der Waals surface area contributed by atoms with Crippen molar-refractivity contribution in [1.29, 1.82) is 0 Å². The number of nitrogens with two attached hydrogens (primary N) is 1. The van der Waals surface area contributed by atoms with Crippen LogP contribution < -0.4 is 5.73 Å². The summed E-state index contributed by atoms with van der Waals surface area (Å²) < 4.78 is 26.1. The lowest BCUT2D eigenvalue weighted by Gasteiger charge is -2.24. The molecule has 1 aliphatic heterocycles. The Kier molecular flexibility index (Phi) is 5.89. The quantitative estimate of drug-likeness (QED) is 0.818. The highest BCUT2D eigenvalue weighted by atomic mass is 32.2. The third-order valence-electron chi connectivity index (χ3n) is 3.74. The first-order valence-corrected chi connectivity index (χ1v) is 8.31. The largest absolute Gasteiger partial charge is 0.326 e. The van der Waals surface area contributed by atoms with Gasteiger partial charge in [-0.05, 0) is 18.8 Å². The molecule has 2 atom stereocenters. The van der Waals surface area contributed by atoms with E-state index in [1.165, 1.54) is 0 Å². The molecule has 2 unspecified atom stereocenters. The number of nitrogens with zero attached hydrogens (tertiary/aromatic N) is 1. The average molecular weight is 262 g/mol. The summed E-state index contributed by atoms with van der Waals surface area (Å²) in [5.41, 5.74) is 5.95. The fourth-order valence-corrected chi connectivity index (χ4v) is 3.98. The van der Waals surface area contributed by atoms with E-state index < -0.39 is 10.0 Å². The maximum absolute atomic E-state index is 12.2. The molecule has 4 nitrogen and oxygen atoms in total. The molecule has 0 aromatic carbocycles. The predicted octanol–water partition coefficient (Wildman–Crippen LogP) is 1.57. The normalized spacial score (nSPS) is 23.0. The first-order chi connectivity index (χ1) is 7.97. The second-order valence-corrected chi connectivity index (χ2v) is 7.15. The van der Waals surface area contributed by atoms with Crippen molar-refractivity contribution in [3.63, 3.8) is 0 Å². The Balaban J connectivity index is 2.60. The van der Waals surface area contributed by atoms with Crippen LogP contribution in [0.4, 0.5) is 0 Å². The number of sulfonamides is 1. The summed E-state index contributed by atoms with van der Waals surface area (Å²) in [6.07, 6.45) is 5.18. The Bertz CT molecular complexity index is 308. The zero-order valence-corrected chi connectivity index (χ0v) is 11.9. The molecule has 1 heterocycles. The molecule has 0 bridgehead atoms. The van der Waals surface area contributed by atoms with Crippen molar-refractivity contribution in [2.45, 2.75) is 52.0 Å². The first kappa shape index (κ1) is 14.9. The van der Waals surface area contributed by atoms with Gasteiger partial charge in [0.1, 0.15) is 0 Å². The van der Waals surface area contributed by atoms with Crippen LogP contribution in [-0.2, 0) is 10.0 Å². The highest BCUT2D eigenvalue weighted by Gasteiger charge is 2.26. The minimum atomic E-state index is -3.15. The molecule has 0 amide bonds.